The van der Waals surface area contributed by atoms with Gasteiger partial charge in [0.1, 0.15) is 0 Å². The predicted molar refractivity (Wildman–Crippen MR) is 74.1 cm³/mol. The van der Waals surface area contributed by atoms with Crippen LogP contribution in [0, 0.1) is 5.92 Å². The van der Waals surface area contributed by atoms with Crippen molar-refractivity contribution in [2.75, 3.05) is 19.8 Å². The summed E-state index contributed by atoms with van der Waals surface area (Å²) in [6, 6.07) is 6.84. The van der Waals surface area contributed by atoms with E-state index in [1.54, 1.807) is 0 Å². The molecule has 2 nitrogen and oxygen atoms in total. The van der Waals surface area contributed by atoms with Crippen LogP contribution in [0.4, 0.5) is 0 Å². The van der Waals surface area contributed by atoms with Crippen molar-refractivity contribution in [3.8, 4) is 0 Å². The Morgan fingerprint density at radius 1 is 1.22 bits per heavy atom. The lowest BCUT2D eigenvalue weighted by Gasteiger charge is -2.24. The summed E-state index contributed by atoms with van der Waals surface area (Å²) in [6.45, 7) is 2.99. The van der Waals surface area contributed by atoms with E-state index < -0.39 is 0 Å². The molecule has 18 heavy (non-hydrogen) atoms. The molecule has 1 atom stereocenters. The first-order chi connectivity index (χ1) is 8.83. The first kappa shape index (κ1) is 12.5. The van der Waals surface area contributed by atoms with Crippen molar-refractivity contribution < 1.29 is 4.74 Å². The molecule has 98 valence electrons. The first-order valence-electron chi connectivity index (χ1n) is 6.92. The molecule has 1 N–H and O–H groups in total. The maximum Gasteiger partial charge on any atom is 0.0469 e. The van der Waals surface area contributed by atoms with Gasteiger partial charge in [0.25, 0.3) is 0 Å². The van der Waals surface area contributed by atoms with Crippen LogP contribution in [-0.4, -0.2) is 19.8 Å². The third-order valence-corrected chi connectivity index (χ3v) is 4.41. The van der Waals surface area contributed by atoms with Crippen molar-refractivity contribution in [2.24, 2.45) is 5.92 Å². The first-order valence-corrected chi connectivity index (χ1v) is 7.30. The van der Waals surface area contributed by atoms with Gasteiger partial charge in [0.2, 0.25) is 0 Å². The number of nitrogens with one attached hydrogen (secondary N) is 1. The van der Waals surface area contributed by atoms with E-state index in [1.807, 2.05) is 6.07 Å². The van der Waals surface area contributed by atoms with Crippen LogP contribution in [-0.2, 0) is 11.2 Å². The molecule has 1 saturated heterocycles. The Morgan fingerprint density at radius 2 is 2.06 bits per heavy atom. The van der Waals surface area contributed by atoms with Crippen LogP contribution in [0.2, 0.25) is 5.02 Å². The smallest absolute Gasteiger partial charge is 0.0469 e. The van der Waals surface area contributed by atoms with E-state index in [0.717, 1.165) is 37.1 Å². The number of hydrogen-bond donors (Lipinski definition) is 1. The van der Waals surface area contributed by atoms with Crippen LogP contribution in [0.1, 0.15) is 36.4 Å². The van der Waals surface area contributed by atoms with Gasteiger partial charge in [0, 0.05) is 24.3 Å². The monoisotopic (exact) mass is 265 g/mol. The summed E-state index contributed by atoms with van der Waals surface area (Å²) >= 11 is 6.04. The molecule has 2 aliphatic rings. The molecule has 1 aromatic rings. The molecule has 0 spiro atoms. The lowest BCUT2D eigenvalue weighted by Crippen LogP contribution is -2.29. The van der Waals surface area contributed by atoms with Crippen molar-refractivity contribution in [3.63, 3.8) is 0 Å². The molecule has 1 aliphatic carbocycles. The summed E-state index contributed by atoms with van der Waals surface area (Å²) in [5.41, 5.74) is 2.87. The van der Waals surface area contributed by atoms with Crippen LogP contribution in [0.25, 0.3) is 0 Å². The zero-order valence-electron chi connectivity index (χ0n) is 10.6. The van der Waals surface area contributed by atoms with Gasteiger partial charge in [-0.1, -0.05) is 17.7 Å². The Bertz CT molecular complexity index is 415. The molecule has 0 aromatic heterocycles. The van der Waals surface area contributed by atoms with Crippen molar-refractivity contribution in [3.05, 3.63) is 34.3 Å². The molecule has 3 rings (SSSR count). The molecule has 0 amide bonds. The Labute approximate surface area is 114 Å². The summed E-state index contributed by atoms with van der Waals surface area (Å²) in [5, 5.41) is 4.59. The minimum Gasteiger partial charge on any atom is -0.381 e. The zero-order valence-corrected chi connectivity index (χ0v) is 11.4. The average molecular weight is 266 g/mol. The van der Waals surface area contributed by atoms with Crippen molar-refractivity contribution in [1.82, 2.24) is 5.32 Å². The fourth-order valence-electron chi connectivity index (χ4n) is 3.06. The van der Waals surface area contributed by atoms with Crippen molar-refractivity contribution >= 4 is 11.6 Å². The normalized spacial score (nSPS) is 24.2. The Hall–Kier alpha value is -0.570. The second kappa shape index (κ2) is 5.60. The number of ether oxygens (including phenoxy) is 1. The second-order valence-corrected chi connectivity index (χ2v) is 5.83. The highest BCUT2D eigenvalue weighted by Crippen LogP contribution is 2.33. The van der Waals surface area contributed by atoms with Gasteiger partial charge in [0.05, 0.1) is 0 Å². The number of benzene rings is 1. The molecule has 0 radical (unpaired) electrons. The van der Waals surface area contributed by atoms with E-state index in [-0.39, 0.29) is 0 Å². The average Bonchev–Trinajstić information content (AvgIpc) is 2.80. The minimum absolute atomic E-state index is 0.528. The molecular weight excluding hydrogens is 246 g/mol. The van der Waals surface area contributed by atoms with Crippen LogP contribution in [0.3, 0.4) is 0 Å². The SMILES string of the molecule is Clc1ccc2c(c1)CCC2NCC1CCOCC1. The van der Waals surface area contributed by atoms with Crippen LogP contribution >= 0.6 is 11.6 Å². The van der Waals surface area contributed by atoms with Crippen LogP contribution < -0.4 is 5.32 Å². The van der Waals surface area contributed by atoms with Gasteiger partial charge in [-0.05, 0) is 61.4 Å². The number of halogens is 1. The second-order valence-electron chi connectivity index (χ2n) is 5.40. The molecule has 1 fully saturated rings. The number of rotatable bonds is 3. The fourth-order valence-corrected chi connectivity index (χ4v) is 3.25. The molecular formula is C15H20ClNO. The van der Waals surface area contributed by atoms with Gasteiger partial charge in [0.15, 0.2) is 0 Å². The van der Waals surface area contributed by atoms with E-state index >= 15 is 0 Å². The Balaban J connectivity index is 1.59. The summed E-state index contributed by atoms with van der Waals surface area (Å²) in [5.74, 6) is 0.787. The predicted octanol–water partition coefficient (Wildman–Crippen LogP) is 3.34. The molecule has 3 heteroatoms. The molecule has 1 unspecified atom stereocenters. The van der Waals surface area contributed by atoms with Crippen LogP contribution in [0.15, 0.2) is 18.2 Å². The maximum absolute atomic E-state index is 6.04. The summed E-state index contributed by atoms with van der Waals surface area (Å²) < 4.78 is 5.40. The lowest BCUT2D eigenvalue weighted by atomic mass is 9.99. The van der Waals surface area contributed by atoms with Crippen LogP contribution in [0.5, 0.6) is 0 Å². The molecule has 0 saturated carbocycles. The zero-order chi connectivity index (χ0) is 12.4. The van der Waals surface area contributed by atoms with Crippen molar-refractivity contribution in [2.45, 2.75) is 31.7 Å². The highest BCUT2D eigenvalue weighted by molar-refractivity contribution is 6.30. The van der Waals surface area contributed by atoms with E-state index in [9.17, 15) is 0 Å². The van der Waals surface area contributed by atoms with Crippen molar-refractivity contribution in [1.29, 1.82) is 0 Å². The van der Waals surface area contributed by atoms with Gasteiger partial charge < -0.3 is 10.1 Å². The lowest BCUT2D eigenvalue weighted by molar-refractivity contribution is 0.0654. The van der Waals surface area contributed by atoms with Gasteiger partial charge in [-0.15, -0.1) is 0 Å². The summed E-state index contributed by atoms with van der Waals surface area (Å²) in [6.07, 6.45) is 4.76. The maximum atomic E-state index is 6.04. The minimum atomic E-state index is 0.528. The van der Waals surface area contributed by atoms with Gasteiger partial charge in [-0.2, -0.15) is 0 Å². The molecule has 1 heterocycles. The largest absolute Gasteiger partial charge is 0.381 e. The van der Waals surface area contributed by atoms with E-state index in [4.69, 9.17) is 16.3 Å². The third-order valence-electron chi connectivity index (χ3n) is 4.18. The highest BCUT2D eigenvalue weighted by atomic mass is 35.5. The van der Waals surface area contributed by atoms with E-state index in [0.29, 0.717) is 6.04 Å². The standard InChI is InChI=1S/C15H20ClNO/c16-13-2-3-14-12(9-13)1-4-15(14)17-10-11-5-7-18-8-6-11/h2-3,9,11,15,17H,1,4-8,10H2. The number of aryl methyl sites for hydroxylation is 1. The Kier molecular flexibility index (Phi) is 3.88. The van der Waals surface area contributed by atoms with Gasteiger partial charge in [-0.25, -0.2) is 0 Å². The number of hydrogen-bond acceptors (Lipinski definition) is 2. The highest BCUT2D eigenvalue weighted by Gasteiger charge is 2.23. The molecule has 0 bridgehead atoms. The molecule has 1 aliphatic heterocycles. The van der Waals surface area contributed by atoms with E-state index in [2.05, 4.69) is 17.4 Å². The topological polar surface area (TPSA) is 21.3 Å². The van der Waals surface area contributed by atoms with Gasteiger partial charge in [-0.3, -0.25) is 0 Å². The van der Waals surface area contributed by atoms with E-state index in [1.165, 1.54) is 30.4 Å². The molecule has 1 aromatic carbocycles. The number of fused-ring (bicyclic) bond motifs is 1. The quantitative estimate of drug-likeness (QED) is 0.905. The summed E-state index contributed by atoms with van der Waals surface area (Å²) in [7, 11) is 0. The third kappa shape index (κ3) is 2.71. The Morgan fingerprint density at radius 3 is 2.89 bits per heavy atom. The summed E-state index contributed by atoms with van der Waals surface area (Å²) in [4.78, 5) is 0. The fraction of sp³-hybridized carbons (Fsp3) is 0.600. The van der Waals surface area contributed by atoms with Gasteiger partial charge >= 0.3 is 0 Å².